The quantitative estimate of drug-likeness (QED) is 0.336. The molecule has 4 rings (SSSR count). The first-order chi connectivity index (χ1) is 16.9. The zero-order valence-electron chi connectivity index (χ0n) is 20.2. The lowest BCUT2D eigenvalue weighted by atomic mass is 9.96. The summed E-state index contributed by atoms with van der Waals surface area (Å²) in [7, 11) is 1.29. The van der Waals surface area contributed by atoms with Crippen LogP contribution in [0.4, 0.5) is 5.69 Å². The second kappa shape index (κ2) is 10.7. The fourth-order valence-electron chi connectivity index (χ4n) is 4.65. The van der Waals surface area contributed by atoms with Gasteiger partial charge >= 0.3 is 5.97 Å². The number of aryl methyl sites for hydroxylation is 1. The summed E-state index contributed by atoms with van der Waals surface area (Å²) in [6, 6.07) is 12.5. The predicted molar refractivity (Wildman–Crippen MR) is 132 cm³/mol. The molecule has 2 aromatic rings. The van der Waals surface area contributed by atoms with E-state index in [0.717, 1.165) is 29.7 Å². The first-order valence-corrected chi connectivity index (χ1v) is 12.0. The van der Waals surface area contributed by atoms with E-state index in [2.05, 4.69) is 6.08 Å². The van der Waals surface area contributed by atoms with E-state index in [1.807, 2.05) is 19.1 Å². The number of amides is 3. The molecule has 1 fully saturated rings. The average molecular weight is 475 g/mol. The number of esters is 1. The van der Waals surface area contributed by atoms with Crippen molar-refractivity contribution in [2.75, 3.05) is 18.6 Å². The van der Waals surface area contributed by atoms with Crippen LogP contribution in [0.15, 0.2) is 60.2 Å². The van der Waals surface area contributed by atoms with Gasteiger partial charge in [0.1, 0.15) is 6.04 Å². The number of rotatable bonds is 7. The fourth-order valence-corrected chi connectivity index (χ4v) is 4.65. The molecule has 182 valence electrons. The molecule has 1 aliphatic carbocycles. The van der Waals surface area contributed by atoms with Crippen molar-refractivity contribution < 1.29 is 23.9 Å². The number of methoxy groups -OCH3 is 1. The van der Waals surface area contributed by atoms with Crippen molar-refractivity contribution >= 4 is 29.4 Å². The third-order valence-corrected chi connectivity index (χ3v) is 6.66. The SMILES string of the molecule is COC(=O)c1ccc(N2C(=O)CC(N(CCC3=CCCCC3)C(=O)c3ccc(C)cc3)C2=O)cc1. The highest BCUT2D eigenvalue weighted by Crippen LogP contribution is 2.29. The molecule has 2 aliphatic rings. The monoisotopic (exact) mass is 474 g/mol. The summed E-state index contributed by atoms with van der Waals surface area (Å²) < 4.78 is 4.71. The highest BCUT2D eigenvalue weighted by Gasteiger charge is 2.44. The second-order valence-electron chi connectivity index (χ2n) is 9.05. The largest absolute Gasteiger partial charge is 0.465 e. The molecule has 0 saturated carbocycles. The van der Waals surface area contributed by atoms with Crippen LogP contribution in [0.2, 0.25) is 0 Å². The summed E-state index contributed by atoms with van der Waals surface area (Å²) in [6.07, 6.45) is 7.19. The Bertz CT molecular complexity index is 1150. The van der Waals surface area contributed by atoms with Gasteiger partial charge in [0.15, 0.2) is 0 Å². The van der Waals surface area contributed by atoms with E-state index in [1.54, 1.807) is 29.2 Å². The predicted octanol–water partition coefficient (Wildman–Crippen LogP) is 4.45. The van der Waals surface area contributed by atoms with Gasteiger partial charge in [-0.15, -0.1) is 0 Å². The number of imide groups is 1. The Morgan fingerprint density at radius 1 is 1.00 bits per heavy atom. The van der Waals surface area contributed by atoms with Gasteiger partial charge in [0.25, 0.3) is 11.8 Å². The Labute approximate surface area is 205 Å². The van der Waals surface area contributed by atoms with E-state index in [-0.39, 0.29) is 18.2 Å². The van der Waals surface area contributed by atoms with Gasteiger partial charge < -0.3 is 9.64 Å². The maximum atomic E-state index is 13.5. The lowest BCUT2D eigenvalue weighted by Gasteiger charge is -2.28. The molecule has 0 radical (unpaired) electrons. The van der Waals surface area contributed by atoms with Crippen LogP contribution in [0.3, 0.4) is 0 Å². The molecule has 7 nitrogen and oxygen atoms in total. The summed E-state index contributed by atoms with van der Waals surface area (Å²) >= 11 is 0. The van der Waals surface area contributed by atoms with Crippen molar-refractivity contribution in [1.29, 1.82) is 0 Å². The average Bonchev–Trinajstić information content (AvgIpc) is 3.18. The summed E-state index contributed by atoms with van der Waals surface area (Å²) in [5.41, 5.74) is 3.52. The van der Waals surface area contributed by atoms with Gasteiger partial charge in [0, 0.05) is 12.1 Å². The first kappa shape index (κ1) is 24.4. The molecule has 0 N–H and O–H groups in total. The van der Waals surface area contributed by atoms with Crippen LogP contribution in [-0.4, -0.2) is 48.3 Å². The van der Waals surface area contributed by atoms with Gasteiger partial charge in [-0.25, -0.2) is 9.69 Å². The van der Waals surface area contributed by atoms with Crippen LogP contribution in [-0.2, 0) is 14.3 Å². The number of allylic oxidation sites excluding steroid dienone is 1. The molecular weight excluding hydrogens is 444 g/mol. The number of benzene rings is 2. The molecule has 35 heavy (non-hydrogen) atoms. The van der Waals surface area contributed by atoms with Crippen molar-refractivity contribution in [2.45, 2.75) is 51.5 Å². The normalized spacial score (nSPS) is 17.8. The highest BCUT2D eigenvalue weighted by molar-refractivity contribution is 6.23. The third-order valence-electron chi connectivity index (χ3n) is 6.66. The molecule has 1 saturated heterocycles. The maximum Gasteiger partial charge on any atom is 0.337 e. The first-order valence-electron chi connectivity index (χ1n) is 12.0. The number of carbonyl (C=O) groups is 4. The fraction of sp³-hybridized carbons (Fsp3) is 0.357. The number of ether oxygens (including phenoxy) is 1. The van der Waals surface area contributed by atoms with Crippen molar-refractivity contribution in [3.8, 4) is 0 Å². The number of nitrogens with zero attached hydrogens (tertiary/aromatic N) is 2. The zero-order valence-corrected chi connectivity index (χ0v) is 20.2. The Kier molecular flexibility index (Phi) is 7.44. The summed E-state index contributed by atoms with van der Waals surface area (Å²) in [4.78, 5) is 54.4. The minimum Gasteiger partial charge on any atom is -0.465 e. The Morgan fingerprint density at radius 3 is 2.31 bits per heavy atom. The van der Waals surface area contributed by atoms with Gasteiger partial charge in [-0.05, 0) is 75.4 Å². The van der Waals surface area contributed by atoms with E-state index in [0.29, 0.717) is 29.8 Å². The molecule has 1 aliphatic heterocycles. The Morgan fingerprint density at radius 2 is 1.69 bits per heavy atom. The molecule has 0 aromatic heterocycles. The van der Waals surface area contributed by atoms with E-state index in [4.69, 9.17) is 4.74 Å². The van der Waals surface area contributed by atoms with Crippen LogP contribution in [0, 0.1) is 6.92 Å². The Balaban J connectivity index is 1.59. The van der Waals surface area contributed by atoms with E-state index < -0.39 is 17.9 Å². The van der Waals surface area contributed by atoms with Gasteiger partial charge in [-0.3, -0.25) is 14.4 Å². The van der Waals surface area contributed by atoms with Gasteiger partial charge in [0.2, 0.25) is 5.91 Å². The van der Waals surface area contributed by atoms with E-state index in [9.17, 15) is 19.2 Å². The third kappa shape index (κ3) is 5.34. The summed E-state index contributed by atoms with van der Waals surface area (Å²) in [6.45, 7) is 2.32. The molecule has 2 aromatic carbocycles. The minimum atomic E-state index is -0.874. The van der Waals surface area contributed by atoms with Crippen molar-refractivity contribution in [3.05, 3.63) is 76.9 Å². The molecular formula is C28H30N2O5. The molecule has 1 unspecified atom stereocenters. The number of hydrogen-bond acceptors (Lipinski definition) is 5. The minimum absolute atomic E-state index is 0.0752. The van der Waals surface area contributed by atoms with E-state index in [1.165, 1.54) is 31.2 Å². The molecule has 3 amide bonds. The zero-order chi connectivity index (χ0) is 24.9. The topological polar surface area (TPSA) is 84.0 Å². The second-order valence-corrected chi connectivity index (χ2v) is 9.05. The molecule has 7 heteroatoms. The maximum absolute atomic E-state index is 13.5. The van der Waals surface area contributed by atoms with Crippen LogP contribution in [0.5, 0.6) is 0 Å². The van der Waals surface area contributed by atoms with Crippen LogP contribution >= 0.6 is 0 Å². The van der Waals surface area contributed by atoms with Crippen molar-refractivity contribution in [1.82, 2.24) is 4.90 Å². The van der Waals surface area contributed by atoms with Crippen molar-refractivity contribution in [3.63, 3.8) is 0 Å². The summed E-state index contributed by atoms with van der Waals surface area (Å²) in [5.74, 6) is -1.56. The standard InChI is InChI=1S/C28H30N2O5/c1-19-8-10-21(11-9-19)26(32)29(17-16-20-6-4-3-5-7-20)24-18-25(31)30(27(24)33)23-14-12-22(13-15-23)28(34)35-2/h6,8-15,24H,3-5,7,16-18H2,1-2H3. The van der Waals surface area contributed by atoms with Crippen LogP contribution in [0.25, 0.3) is 0 Å². The lowest BCUT2D eigenvalue weighted by molar-refractivity contribution is -0.122. The van der Waals surface area contributed by atoms with Gasteiger partial charge in [-0.1, -0.05) is 29.3 Å². The molecule has 1 atom stereocenters. The summed E-state index contributed by atoms with van der Waals surface area (Å²) in [5, 5.41) is 0. The number of anilines is 1. The van der Waals surface area contributed by atoms with Crippen LogP contribution < -0.4 is 4.90 Å². The van der Waals surface area contributed by atoms with Gasteiger partial charge in [-0.2, -0.15) is 0 Å². The molecule has 1 heterocycles. The van der Waals surface area contributed by atoms with Crippen LogP contribution in [0.1, 0.15) is 64.8 Å². The van der Waals surface area contributed by atoms with E-state index >= 15 is 0 Å². The lowest BCUT2D eigenvalue weighted by Crippen LogP contribution is -2.46. The number of hydrogen-bond donors (Lipinski definition) is 0. The number of carbonyl (C=O) groups excluding carboxylic acids is 4. The molecule has 0 bridgehead atoms. The van der Waals surface area contributed by atoms with Crippen molar-refractivity contribution in [2.24, 2.45) is 0 Å². The smallest absolute Gasteiger partial charge is 0.337 e. The van der Waals surface area contributed by atoms with Gasteiger partial charge in [0.05, 0.1) is 24.8 Å². The molecule has 0 spiro atoms. The Hall–Kier alpha value is -3.74. The highest BCUT2D eigenvalue weighted by atomic mass is 16.5.